The molecule has 0 atom stereocenters. The fourth-order valence-corrected chi connectivity index (χ4v) is 3.25. The monoisotopic (exact) mass is 301 g/mol. The van der Waals surface area contributed by atoms with Crippen molar-refractivity contribution in [1.82, 2.24) is 0 Å². The van der Waals surface area contributed by atoms with E-state index in [-0.39, 0.29) is 0 Å². The SMILES string of the molecule is Cc1cccc(N=C(N)N2Cc3cccc4cccc2c34)c1C. The van der Waals surface area contributed by atoms with Crippen molar-refractivity contribution in [1.29, 1.82) is 0 Å². The van der Waals surface area contributed by atoms with Gasteiger partial charge in [0.05, 0.1) is 17.9 Å². The zero-order valence-electron chi connectivity index (χ0n) is 13.4. The van der Waals surface area contributed by atoms with E-state index in [1.165, 1.54) is 27.5 Å². The number of hydrogen-bond donors (Lipinski definition) is 1. The van der Waals surface area contributed by atoms with Gasteiger partial charge in [-0.25, -0.2) is 4.99 Å². The Morgan fingerprint density at radius 3 is 2.57 bits per heavy atom. The largest absolute Gasteiger partial charge is 0.369 e. The summed E-state index contributed by atoms with van der Waals surface area (Å²) in [6.45, 7) is 4.95. The fourth-order valence-electron chi connectivity index (χ4n) is 3.25. The van der Waals surface area contributed by atoms with Crippen molar-refractivity contribution in [3.05, 3.63) is 71.3 Å². The second-order valence-corrected chi connectivity index (χ2v) is 6.07. The van der Waals surface area contributed by atoms with Crippen molar-refractivity contribution in [3.8, 4) is 0 Å². The Labute approximate surface area is 136 Å². The first-order chi connectivity index (χ1) is 11.1. The zero-order chi connectivity index (χ0) is 16.0. The smallest absolute Gasteiger partial charge is 0.201 e. The summed E-state index contributed by atoms with van der Waals surface area (Å²) >= 11 is 0. The minimum atomic E-state index is 0.544. The molecule has 0 saturated carbocycles. The highest BCUT2D eigenvalue weighted by Gasteiger charge is 2.23. The van der Waals surface area contributed by atoms with Gasteiger partial charge >= 0.3 is 0 Å². The molecule has 3 nitrogen and oxygen atoms in total. The zero-order valence-corrected chi connectivity index (χ0v) is 13.4. The van der Waals surface area contributed by atoms with E-state index in [1.807, 2.05) is 12.1 Å². The van der Waals surface area contributed by atoms with Gasteiger partial charge in [0.15, 0.2) is 0 Å². The minimum Gasteiger partial charge on any atom is -0.369 e. The molecule has 0 aromatic heterocycles. The van der Waals surface area contributed by atoms with Gasteiger partial charge in [-0.05, 0) is 48.1 Å². The summed E-state index contributed by atoms with van der Waals surface area (Å²) in [4.78, 5) is 6.79. The maximum absolute atomic E-state index is 6.36. The molecule has 0 radical (unpaired) electrons. The van der Waals surface area contributed by atoms with Gasteiger partial charge in [0.2, 0.25) is 5.96 Å². The van der Waals surface area contributed by atoms with E-state index >= 15 is 0 Å². The summed E-state index contributed by atoms with van der Waals surface area (Å²) in [5, 5.41) is 2.54. The number of anilines is 1. The average Bonchev–Trinajstić information content (AvgIpc) is 2.93. The number of benzene rings is 3. The van der Waals surface area contributed by atoms with Gasteiger partial charge in [0, 0.05) is 5.39 Å². The van der Waals surface area contributed by atoms with Gasteiger partial charge in [0.25, 0.3) is 0 Å². The molecule has 0 unspecified atom stereocenters. The second-order valence-electron chi connectivity index (χ2n) is 6.07. The molecule has 0 aliphatic carbocycles. The van der Waals surface area contributed by atoms with Crippen molar-refractivity contribution in [2.45, 2.75) is 20.4 Å². The molecule has 1 aliphatic rings. The lowest BCUT2D eigenvalue weighted by atomic mass is 10.1. The number of hydrogen-bond acceptors (Lipinski definition) is 1. The van der Waals surface area contributed by atoms with Crippen LogP contribution < -0.4 is 10.6 Å². The molecule has 23 heavy (non-hydrogen) atoms. The molecule has 3 aromatic rings. The Morgan fingerprint density at radius 2 is 1.74 bits per heavy atom. The predicted molar refractivity (Wildman–Crippen MR) is 97.3 cm³/mol. The normalized spacial score (nSPS) is 13.8. The Morgan fingerprint density at radius 1 is 1.00 bits per heavy atom. The van der Waals surface area contributed by atoms with Crippen LogP contribution in [0.4, 0.5) is 11.4 Å². The number of aliphatic imine (C=N–C) groups is 1. The van der Waals surface area contributed by atoms with Crippen LogP contribution in [0.1, 0.15) is 16.7 Å². The first kappa shape index (κ1) is 13.8. The lowest BCUT2D eigenvalue weighted by molar-refractivity contribution is 1.04. The molecule has 1 aliphatic heterocycles. The van der Waals surface area contributed by atoms with Crippen LogP contribution in [0.5, 0.6) is 0 Å². The molecule has 1 heterocycles. The summed E-state index contributed by atoms with van der Waals surface area (Å²) < 4.78 is 0. The molecule has 114 valence electrons. The highest BCUT2D eigenvalue weighted by Crippen LogP contribution is 2.37. The van der Waals surface area contributed by atoms with Crippen LogP contribution in [0.25, 0.3) is 10.8 Å². The second kappa shape index (κ2) is 5.13. The minimum absolute atomic E-state index is 0.544. The maximum Gasteiger partial charge on any atom is 0.201 e. The number of guanidine groups is 1. The molecule has 0 fully saturated rings. The topological polar surface area (TPSA) is 41.6 Å². The molecular weight excluding hydrogens is 282 g/mol. The molecule has 4 rings (SSSR count). The van der Waals surface area contributed by atoms with Gasteiger partial charge in [-0.1, -0.05) is 42.5 Å². The van der Waals surface area contributed by atoms with Crippen LogP contribution in [-0.4, -0.2) is 5.96 Å². The summed E-state index contributed by atoms with van der Waals surface area (Å²) in [5.41, 5.74) is 12.1. The predicted octanol–water partition coefficient (Wildman–Crippen LogP) is 4.42. The third-order valence-electron chi connectivity index (χ3n) is 4.68. The first-order valence-electron chi connectivity index (χ1n) is 7.83. The van der Waals surface area contributed by atoms with Crippen molar-refractivity contribution in [2.75, 3.05) is 4.90 Å². The van der Waals surface area contributed by atoms with E-state index in [4.69, 9.17) is 10.7 Å². The molecular formula is C20H19N3. The summed E-state index contributed by atoms with van der Waals surface area (Å²) in [6, 6.07) is 18.9. The quantitative estimate of drug-likeness (QED) is 0.534. The number of nitrogens with zero attached hydrogens (tertiary/aromatic N) is 2. The van der Waals surface area contributed by atoms with Crippen molar-refractivity contribution in [3.63, 3.8) is 0 Å². The summed E-state index contributed by atoms with van der Waals surface area (Å²) in [5.74, 6) is 0.544. The van der Waals surface area contributed by atoms with Gasteiger partial charge in [-0.2, -0.15) is 0 Å². The highest BCUT2D eigenvalue weighted by molar-refractivity contribution is 6.09. The number of rotatable bonds is 1. The van der Waals surface area contributed by atoms with Crippen molar-refractivity contribution in [2.24, 2.45) is 10.7 Å². The Kier molecular flexibility index (Phi) is 3.08. The fraction of sp³-hybridized carbons (Fsp3) is 0.150. The van der Waals surface area contributed by atoms with E-state index in [9.17, 15) is 0 Å². The van der Waals surface area contributed by atoms with Crippen LogP contribution in [0.15, 0.2) is 59.6 Å². The number of nitrogens with two attached hydrogens (primary N) is 1. The van der Waals surface area contributed by atoms with E-state index in [2.05, 4.69) is 61.2 Å². The van der Waals surface area contributed by atoms with Crippen LogP contribution in [0.2, 0.25) is 0 Å². The van der Waals surface area contributed by atoms with Gasteiger partial charge in [-0.3, -0.25) is 0 Å². The van der Waals surface area contributed by atoms with E-state index in [0.717, 1.165) is 17.9 Å². The van der Waals surface area contributed by atoms with Crippen LogP contribution in [0, 0.1) is 13.8 Å². The Bertz CT molecular complexity index is 936. The van der Waals surface area contributed by atoms with E-state index in [0.29, 0.717) is 5.96 Å². The van der Waals surface area contributed by atoms with Gasteiger partial charge < -0.3 is 10.6 Å². The third-order valence-corrected chi connectivity index (χ3v) is 4.68. The van der Waals surface area contributed by atoms with Gasteiger partial charge in [-0.15, -0.1) is 0 Å². The average molecular weight is 301 g/mol. The molecule has 2 N–H and O–H groups in total. The van der Waals surface area contributed by atoms with Gasteiger partial charge in [0.1, 0.15) is 0 Å². The lowest BCUT2D eigenvalue weighted by Crippen LogP contribution is -2.34. The number of aryl methyl sites for hydroxylation is 1. The Balaban J connectivity index is 1.80. The van der Waals surface area contributed by atoms with Crippen LogP contribution in [-0.2, 0) is 6.54 Å². The molecule has 0 bridgehead atoms. The molecule has 0 amide bonds. The first-order valence-corrected chi connectivity index (χ1v) is 7.83. The maximum atomic E-state index is 6.36. The van der Waals surface area contributed by atoms with Crippen molar-refractivity contribution < 1.29 is 0 Å². The molecule has 0 saturated heterocycles. The third kappa shape index (κ3) is 2.16. The van der Waals surface area contributed by atoms with E-state index < -0.39 is 0 Å². The van der Waals surface area contributed by atoms with Crippen molar-refractivity contribution >= 4 is 28.1 Å². The molecule has 0 spiro atoms. The van der Waals surface area contributed by atoms with E-state index in [1.54, 1.807) is 0 Å². The summed E-state index contributed by atoms with van der Waals surface area (Å²) in [6.07, 6.45) is 0. The van der Waals surface area contributed by atoms with Crippen LogP contribution in [0.3, 0.4) is 0 Å². The molecule has 3 aromatic carbocycles. The Hall–Kier alpha value is -2.81. The lowest BCUT2D eigenvalue weighted by Gasteiger charge is -2.19. The standard InChI is InChI=1S/C20H19N3/c1-13-6-3-10-17(14(13)2)22-20(21)23-12-16-9-4-7-15-8-5-11-18(23)19(15)16/h3-11H,12H2,1-2H3,(H2,21,22). The highest BCUT2D eigenvalue weighted by atomic mass is 15.3. The molecule has 3 heteroatoms. The summed E-state index contributed by atoms with van der Waals surface area (Å²) in [7, 11) is 0. The van der Waals surface area contributed by atoms with Crippen LogP contribution >= 0.6 is 0 Å².